The van der Waals surface area contributed by atoms with Crippen molar-refractivity contribution in [2.75, 3.05) is 30.7 Å². The molecule has 2 rings (SSSR count). The van der Waals surface area contributed by atoms with Gasteiger partial charge in [-0.2, -0.15) is 0 Å². The summed E-state index contributed by atoms with van der Waals surface area (Å²) in [7, 11) is 0. The number of benzene rings is 1. The van der Waals surface area contributed by atoms with Crippen LogP contribution in [-0.2, 0) is 4.79 Å². The third kappa shape index (κ3) is 3.53. The summed E-state index contributed by atoms with van der Waals surface area (Å²) in [5, 5.41) is 3.79. The first-order valence-electron chi connectivity index (χ1n) is 6.65. The average Bonchev–Trinajstić information content (AvgIpc) is 2.89. The number of rotatable bonds is 4. The van der Waals surface area contributed by atoms with Gasteiger partial charge in [-0.3, -0.25) is 4.79 Å². The highest BCUT2D eigenvalue weighted by atomic mass is 35.5. The summed E-state index contributed by atoms with van der Waals surface area (Å²) in [5.74, 6) is 0.226. The Hall–Kier alpha value is -1.42. The van der Waals surface area contributed by atoms with E-state index in [1.165, 1.54) is 0 Å². The zero-order chi connectivity index (χ0) is 13.8. The number of carbonyl (C=O) groups is 1. The first-order valence-corrected chi connectivity index (χ1v) is 7.03. The second kappa shape index (κ2) is 6.15. The molecule has 1 saturated heterocycles. The van der Waals surface area contributed by atoms with Crippen LogP contribution in [0.1, 0.15) is 24.8 Å². The van der Waals surface area contributed by atoms with E-state index in [4.69, 9.17) is 17.3 Å². The van der Waals surface area contributed by atoms with E-state index in [0.29, 0.717) is 23.7 Å². The molecule has 4 nitrogen and oxygen atoms in total. The van der Waals surface area contributed by atoms with E-state index in [2.05, 4.69) is 5.32 Å². The zero-order valence-electron chi connectivity index (χ0n) is 11.2. The van der Waals surface area contributed by atoms with Gasteiger partial charge in [0.05, 0.1) is 10.7 Å². The first-order chi connectivity index (χ1) is 9.08. The molecule has 1 heterocycles. The fraction of sp³-hybridized carbons (Fsp3) is 0.500. The Kier molecular flexibility index (Phi) is 4.53. The van der Waals surface area contributed by atoms with Crippen LogP contribution < -0.4 is 11.1 Å². The third-order valence-electron chi connectivity index (χ3n) is 3.46. The Morgan fingerprint density at radius 1 is 1.42 bits per heavy atom. The van der Waals surface area contributed by atoms with Gasteiger partial charge in [-0.05, 0) is 37.5 Å². The molecule has 0 aliphatic carbocycles. The molecule has 0 bridgehead atoms. The Morgan fingerprint density at radius 3 is 2.79 bits per heavy atom. The summed E-state index contributed by atoms with van der Waals surface area (Å²) in [6.07, 6.45) is 2.78. The molecule has 1 amide bonds. The minimum absolute atomic E-state index is 0.226. The van der Waals surface area contributed by atoms with Crippen molar-refractivity contribution >= 4 is 28.9 Å². The molecule has 19 heavy (non-hydrogen) atoms. The number of carbonyl (C=O) groups excluding carboxylic acids is 1. The summed E-state index contributed by atoms with van der Waals surface area (Å²) >= 11 is 5.99. The number of nitrogen functional groups attached to an aromatic ring is 1. The van der Waals surface area contributed by atoms with Gasteiger partial charge in [-0.15, -0.1) is 0 Å². The van der Waals surface area contributed by atoms with Crippen LogP contribution in [0.4, 0.5) is 11.4 Å². The fourth-order valence-corrected chi connectivity index (χ4v) is 2.49. The molecule has 104 valence electrons. The van der Waals surface area contributed by atoms with Crippen molar-refractivity contribution in [2.24, 2.45) is 0 Å². The molecular weight excluding hydrogens is 262 g/mol. The molecular formula is C14H20ClN3O. The van der Waals surface area contributed by atoms with Crippen molar-refractivity contribution in [3.63, 3.8) is 0 Å². The maximum absolute atomic E-state index is 11.9. The molecule has 3 N–H and O–H groups in total. The predicted octanol–water partition coefficient (Wildman–Crippen LogP) is 2.66. The van der Waals surface area contributed by atoms with Gasteiger partial charge >= 0.3 is 0 Å². The van der Waals surface area contributed by atoms with Gasteiger partial charge in [0.25, 0.3) is 0 Å². The van der Waals surface area contributed by atoms with Crippen molar-refractivity contribution in [3.05, 3.63) is 22.7 Å². The maximum Gasteiger partial charge on any atom is 0.224 e. The highest BCUT2D eigenvalue weighted by molar-refractivity contribution is 6.33. The lowest BCUT2D eigenvalue weighted by Gasteiger charge is -2.16. The summed E-state index contributed by atoms with van der Waals surface area (Å²) in [6, 6.07) is 3.65. The molecule has 1 aromatic rings. The number of likely N-dealkylation sites (tertiary alicyclic amines) is 1. The largest absolute Gasteiger partial charge is 0.398 e. The predicted molar refractivity (Wildman–Crippen MR) is 79.5 cm³/mol. The summed E-state index contributed by atoms with van der Waals surface area (Å²) in [4.78, 5) is 13.8. The average molecular weight is 282 g/mol. The highest BCUT2D eigenvalue weighted by Crippen LogP contribution is 2.26. The summed E-state index contributed by atoms with van der Waals surface area (Å²) in [6.45, 7) is 4.41. The number of nitrogens with one attached hydrogen (secondary N) is 1. The minimum Gasteiger partial charge on any atom is -0.398 e. The van der Waals surface area contributed by atoms with Gasteiger partial charge in [0, 0.05) is 31.7 Å². The number of amides is 1. The van der Waals surface area contributed by atoms with Gasteiger partial charge in [0.1, 0.15) is 0 Å². The second-order valence-electron chi connectivity index (χ2n) is 4.95. The summed E-state index contributed by atoms with van der Waals surface area (Å²) in [5.41, 5.74) is 8.29. The molecule has 0 radical (unpaired) electrons. The molecule has 1 aliphatic heterocycles. The van der Waals surface area contributed by atoms with Gasteiger partial charge < -0.3 is 16.0 Å². The van der Waals surface area contributed by atoms with Crippen LogP contribution in [-0.4, -0.2) is 30.4 Å². The van der Waals surface area contributed by atoms with E-state index in [9.17, 15) is 4.79 Å². The number of hydrogen-bond acceptors (Lipinski definition) is 3. The first kappa shape index (κ1) is 14.0. The maximum atomic E-state index is 11.9. The van der Waals surface area contributed by atoms with Crippen molar-refractivity contribution in [2.45, 2.75) is 26.2 Å². The third-order valence-corrected chi connectivity index (χ3v) is 3.78. The smallest absolute Gasteiger partial charge is 0.224 e. The molecule has 0 spiro atoms. The van der Waals surface area contributed by atoms with E-state index in [-0.39, 0.29) is 5.91 Å². The van der Waals surface area contributed by atoms with Crippen molar-refractivity contribution in [1.82, 2.24) is 4.90 Å². The number of halogens is 1. The van der Waals surface area contributed by atoms with Gasteiger partial charge in [-0.1, -0.05) is 11.6 Å². The van der Waals surface area contributed by atoms with Crippen LogP contribution in [0.3, 0.4) is 0 Å². The number of nitrogens with two attached hydrogens (primary N) is 1. The lowest BCUT2D eigenvalue weighted by Crippen LogP contribution is -2.29. The van der Waals surface area contributed by atoms with Gasteiger partial charge in [0.15, 0.2) is 0 Å². The Morgan fingerprint density at radius 2 is 2.11 bits per heavy atom. The Labute approximate surface area is 118 Å². The van der Waals surface area contributed by atoms with E-state index in [1.54, 1.807) is 0 Å². The SMILES string of the molecule is Cc1cc(N)c(Cl)cc1NCCC(=O)N1CCCC1. The molecule has 0 saturated carbocycles. The molecule has 0 aromatic heterocycles. The van der Waals surface area contributed by atoms with Crippen LogP contribution in [0.15, 0.2) is 12.1 Å². The van der Waals surface area contributed by atoms with Crippen LogP contribution in [0, 0.1) is 6.92 Å². The minimum atomic E-state index is 0.226. The lowest BCUT2D eigenvalue weighted by atomic mass is 10.1. The van der Waals surface area contributed by atoms with Crippen LogP contribution in [0.2, 0.25) is 5.02 Å². The zero-order valence-corrected chi connectivity index (χ0v) is 12.0. The monoisotopic (exact) mass is 281 g/mol. The van der Waals surface area contributed by atoms with Crippen molar-refractivity contribution in [3.8, 4) is 0 Å². The van der Waals surface area contributed by atoms with Crippen LogP contribution >= 0.6 is 11.6 Å². The van der Waals surface area contributed by atoms with E-state index >= 15 is 0 Å². The standard InChI is InChI=1S/C14H20ClN3O/c1-10-8-12(16)11(15)9-13(10)17-5-4-14(19)18-6-2-3-7-18/h8-9,17H,2-7,16H2,1H3. The summed E-state index contributed by atoms with van der Waals surface area (Å²) < 4.78 is 0. The second-order valence-corrected chi connectivity index (χ2v) is 5.36. The van der Waals surface area contributed by atoms with Crippen LogP contribution in [0.5, 0.6) is 0 Å². The normalized spacial score (nSPS) is 14.7. The Balaban J connectivity index is 1.85. The van der Waals surface area contributed by atoms with E-state index in [1.807, 2.05) is 24.0 Å². The molecule has 0 atom stereocenters. The number of aryl methyl sites for hydroxylation is 1. The number of hydrogen-bond donors (Lipinski definition) is 2. The fourth-order valence-electron chi connectivity index (χ4n) is 2.32. The molecule has 1 fully saturated rings. The van der Waals surface area contributed by atoms with E-state index < -0.39 is 0 Å². The lowest BCUT2D eigenvalue weighted by molar-refractivity contribution is -0.129. The molecule has 0 unspecified atom stereocenters. The molecule has 1 aliphatic rings. The number of anilines is 2. The topological polar surface area (TPSA) is 58.4 Å². The number of nitrogens with zero attached hydrogens (tertiary/aromatic N) is 1. The molecule has 5 heteroatoms. The van der Waals surface area contributed by atoms with Crippen molar-refractivity contribution < 1.29 is 4.79 Å². The van der Waals surface area contributed by atoms with E-state index in [0.717, 1.165) is 37.2 Å². The highest BCUT2D eigenvalue weighted by Gasteiger charge is 2.17. The van der Waals surface area contributed by atoms with Gasteiger partial charge in [-0.25, -0.2) is 0 Å². The molecule has 1 aromatic carbocycles. The quantitative estimate of drug-likeness (QED) is 0.834. The van der Waals surface area contributed by atoms with Crippen molar-refractivity contribution in [1.29, 1.82) is 0 Å². The van der Waals surface area contributed by atoms with Crippen LogP contribution in [0.25, 0.3) is 0 Å². The van der Waals surface area contributed by atoms with Gasteiger partial charge in [0.2, 0.25) is 5.91 Å². The Bertz CT molecular complexity index is 470.